The molecule has 21 heavy (non-hydrogen) atoms. The van der Waals surface area contributed by atoms with Crippen LogP contribution in [-0.4, -0.2) is 29.7 Å². The second-order valence-corrected chi connectivity index (χ2v) is 5.94. The lowest BCUT2D eigenvalue weighted by Gasteiger charge is -2.21. The van der Waals surface area contributed by atoms with Gasteiger partial charge in [0, 0.05) is 17.6 Å². The summed E-state index contributed by atoms with van der Waals surface area (Å²) >= 11 is 1.50. The summed E-state index contributed by atoms with van der Waals surface area (Å²) in [5.74, 6) is -1.01. The van der Waals surface area contributed by atoms with Gasteiger partial charge in [0.05, 0.1) is 19.1 Å². The lowest BCUT2D eigenvalue weighted by atomic mass is 10.1. The van der Waals surface area contributed by atoms with Crippen LogP contribution in [0.1, 0.15) is 36.1 Å². The van der Waals surface area contributed by atoms with Gasteiger partial charge in [-0.1, -0.05) is 0 Å². The molecule has 0 spiro atoms. The molecule has 1 atom stereocenters. The molecule has 6 heteroatoms. The normalized spacial score (nSPS) is 18.8. The molecule has 1 aromatic rings. The molecule has 114 valence electrons. The summed E-state index contributed by atoms with van der Waals surface area (Å²) in [6, 6.07) is 1.84. The summed E-state index contributed by atoms with van der Waals surface area (Å²) in [6.07, 6.45) is 6.21. The van der Waals surface area contributed by atoms with E-state index in [-0.39, 0.29) is 12.0 Å². The van der Waals surface area contributed by atoms with Gasteiger partial charge in [-0.25, -0.2) is 4.79 Å². The van der Waals surface area contributed by atoms with Gasteiger partial charge in [0.15, 0.2) is 0 Å². The Morgan fingerprint density at radius 2 is 2.33 bits per heavy atom. The minimum Gasteiger partial charge on any atom is -0.478 e. The van der Waals surface area contributed by atoms with Crippen molar-refractivity contribution in [2.24, 2.45) is 0 Å². The van der Waals surface area contributed by atoms with E-state index < -0.39 is 5.97 Å². The minimum atomic E-state index is -0.981. The molecule has 2 N–H and O–H groups in total. The van der Waals surface area contributed by atoms with Crippen LogP contribution in [0.4, 0.5) is 0 Å². The van der Waals surface area contributed by atoms with E-state index in [0.29, 0.717) is 13.0 Å². The number of carboxylic acid groups (broad SMARTS) is 1. The first-order chi connectivity index (χ1) is 10.1. The minimum absolute atomic E-state index is 0.0246. The highest BCUT2D eigenvalue weighted by Crippen LogP contribution is 2.19. The summed E-state index contributed by atoms with van der Waals surface area (Å²) in [5, 5.41) is 13.4. The van der Waals surface area contributed by atoms with Gasteiger partial charge in [-0.05, 0) is 42.3 Å². The Morgan fingerprint density at radius 3 is 3.05 bits per heavy atom. The molecule has 1 saturated heterocycles. The smallest absolute Gasteiger partial charge is 0.328 e. The second-order valence-electron chi connectivity index (χ2n) is 4.94. The van der Waals surface area contributed by atoms with Crippen LogP contribution in [0, 0.1) is 0 Å². The maximum Gasteiger partial charge on any atom is 0.328 e. The fourth-order valence-electron chi connectivity index (χ4n) is 2.23. The fourth-order valence-corrected chi connectivity index (χ4v) is 3.04. The summed E-state index contributed by atoms with van der Waals surface area (Å²) in [4.78, 5) is 23.4. The van der Waals surface area contributed by atoms with Crippen molar-refractivity contribution < 1.29 is 19.4 Å². The first kappa shape index (κ1) is 15.7. The molecule has 1 aromatic heterocycles. The van der Waals surface area contributed by atoms with Crippen LogP contribution in [0.5, 0.6) is 0 Å². The number of hydrogen-bond acceptors (Lipinski definition) is 4. The molecule has 1 unspecified atom stereocenters. The fraction of sp³-hybridized carbons (Fsp3) is 0.467. The first-order valence-corrected chi connectivity index (χ1v) is 7.89. The molecule has 0 saturated carbocycles. The van der Waals surface area contributed by atoms with Gasteiger partial charge in [-0.15, -0.1) is 11.3 Å². The highest BCUT2D eigenvalue weighted by atomic mass is 32.1. The van der Waals surface area contributed by atoms with Gasteiger partial charge in [0.25, 0.3) is 0 Å². The third-order valence-corrected chi connectivity index (χ3v) is 4.26. The van der Waals surface area contributed by atoms with Crippen molar-refractivity contribution in [1.82, 2.24) is 5.32 Å². The largest absolute Gasteiger partial charge is 0.478 e. The van der Waals surface area contributed by atoms with Crippen LogP contribution in [0.3, 0.4) is 0 Å². The van der Waals surface area contributed by atoms with E-state index in [4.69, 9.17) is 9.84 Å². The van der Waals surface area contributed by atoms with E-state index in [2.05, 4.69) is 5.32 Å². The zero-order chi connectivity index (χ0) is 15.1. The van der Waals surface area contributed by atoms with Gasteiger partial charge in [-0.2, -0.15) is 0 Å². The predicted octanol–water partition coefficient (Wildman–Crippen LogP) is 2.42. The zero-order valence-corrected chi connectivity index (χ0v) is 12.5. The highest BCUT2D eigenvalue weighted by Gasteiger charge is 2.17. The summed E-state index contributed by atoms with van der Waals surface area (Å²) < 4.78 is 5.54. The molecule has 0 aliphatic carbocycles. The number of amides is 1. The highest BCUT2D eigenvalue weighted by molar-refractivity contribution is 7.10. The lowest BCUT2D eigenvalue weighted by molar-refractivity contribution is -0.131. The Morgan fingerprint density at radius 1 is 1.48 bits per heavy atom. The number of rotatable bonds is 6. The molecule has 1 aliphatic rings. The molecule has 0 radical (unpaired) electrons. The van der Waals surface area contributed by atoms with Crippen molar-refractivity contribution in [3.63, 3.8) is 0 Å². The number of hydrogen-bond donors (Lipinski definition) is 2. The topological polar surface area (TPSA) is 75.6 Å². The van der Waals surface area contributed by atoms with E-state index in [1.807, 2.05) is 11.4 Å². The van der Waals surface area contributed by atoms with Crippen LogP contribution in [0.2, 0.25) is 0 Å². The van der Waals surface area contributed by atoms with Crippen LogP contribution in [0.15, 0.2) is 17.5 Å². The third-order valence-electron chi connectivity index (χ3n) is 3.32. The molecule has 2 heterocycles. The first-order valence-electron chi connectivity index (χ1n) is 7.01. The van der Waals surface area contributed by atoms with Gasteiger partial charge >= 0.3 is 5.97 Å². The zero-order valence-electron chi connectivity index (χ0n) is 11.7. The Kier molecular flexibility index (Phi) is 5.95. The average Bonchev–Trinajstić information content (AvgIpc) is 2.91. The predicted molar refractivity (Wildman–Crippen MR) is 81.0 cm³/mol. The van der Waals surface area contributed by atoms with E-state index >= 15 is 0 Å². The van der Waals surface area contributed by atoms with Crippen molar-refractivity contribution in [2.75, 3.05) is 6.61 Å². The summed E-state index contributed by atoms with van der Waals surface area (Å²) in [6.45, 7) is 1.16. The van der Waals surface area contributed by atoms with Gasteiger partial charge in [0.1, 0.15) is 0 Å². The molecule has 1 aliphatic heterocycles. The summed E-state index contributed by atoms with van der Waals surface area (Å²) in [7, 11) is 0. The number of thiophene rings is 1. The third kappa shape index (κ3) is 5.32. The van der Waals surface area contributed by atoms with E-state index in [9.17, 15) is 9.59 Å². The van der Waals surface area contributed by atoms with Crippen LogP contribution in [-0.2, 0) is 20.9 Å². The molecule has 5 nitrogen and oxygen atoms in total. The van der Waals surface area contributed by atoms with Crippen LogP contribution in [0.25, 0.3) is 6.08 Å². The Hall–Kier alpha value is -1.66. The number of carbonyl (C=O) groups excluding carboxylic acids is 1. The number of carboxylic acids is 1. The number of ether oxygens (including phenoxy) is 1. The number of nitrogens with one attached hydrogen (secondary N) is 1. The van der Waals surface area contributed by atoms with E-state index in [1.54, 1.807) is 6.08 Å². The molecule has 1 fully saturated rings. The molecule has 2 rings (SSSR count). The van der Waals surface area contributed by atoms with Crippen molar-refractivity contribution in [2.45, 2.75) is 38.3 Å². The quantitative estimate of drug-likeness (QED) is 0.791. The second kappa shape index (κ2) is 7.95. The monoisotopic (exact) mass is 309 g/mol. The Labute approximate surface area is 127 Å². The lowest BCUT2D eigenvalue weighted by Crippen LogP contribution is -2.30. The van der Waals surface area contributed by atoms with Gasteiger partial charge < -0.3 is 15.2 Å². The number of carbonyl (C=O) groups is 2. The van der Waals surface area contributed by atoms with E-state index in [0.717, 1.165) is 42.4 Å². The van der Waals surface area contributed by atoms with Crippen molar-refractivity contribution >= 4 is 29.3 Å². The summed E-state index contributed by atoms with van der Waals surface area (Å²) in [5.41, 5.74) is 0.830. The maximum atomic E-state index is 11.9. The van der Waals surface area contributed by atoms with Crippen molar-refractivity contribution in [3.8, 4) is 0 Å². The van der Waals surface area contributed by atoms with E-state index in [1.165, 1.54) is 11.3 Å². The molecular weight excluding hydrogens is 290 g/mol. The maximum absolute atomic E-state index is 11.9. The SMILES string of the molecule is O=C(O)/C=C/c1ccsc1CNC(=O)CC1CCCCO1. The van der Waals surface area contributed by atoms with Crippen molar-refractivity contribution in [3.05, 3.63) is 28.0 Å². The molecular formula is C15H19NO4S. The molecule has 0 aromatic carbocycles. The van der Waals surface area contributed by atoms with Gasteiger partial charge in [0.2, 0.25) is 5.91 Å². The molecule has 1 amide bonds. The van der Waals surface area contributed by atoms with Crippen LogP contribution >= 0.6 is 11.3 Å². The van der Waals surface area contributed by atoms with Gasteiger partial charge in [-0.3, -0.25) is 4.79 Å². The molecule has 0 bridgehead atoms. The Bertz CT molecular complexity index is 517. The standard InChI is InChI=1S/C15H19NO4S/c17-14(9-12-3-1-2-7-20-12)16-10-13-11(6-8-21-13)4-5-15(18)19/h4-6,8,12H,1-3,7,9-10H2,(H,16,17)(H,18,19)/b5-4+. The van der Waals surface area contributed by atoms with Crippen LogP contribution < -0.4 is 5.32 Å². The number of aliphatic carboxylic acids is 1. The van der Waals surface area contributed by atoms with Crippen molar-refractivity contribution in [1.29, 1.82) is 0 Å². The Balaban J connectivity index is 1.81. The average molecular weight is 309 g/mol.